The van der Waals surface area contributed by atoms with E-state index in [1.54, 1.807) is 18.3 Å². The van der Waals surface area contributed by atoms with Crippen LogP contribution >= 0.6 is 39.1 Å². The average Bonchev–Trinajstić information content (AvgIpc) is 2.67. The van der Waals surface area contributed by atoms with Crippen LogP contribution in [0.2, 0.25) is 10.0 Å². The second kappa shape index (κ2) is 9.79. The first-order chi connectivity index (χ1) is 13.1. The Morgan fingerprint density at radius 1 is 0.963 bits per heavy atom. The van der Waals surface area contributed by atoms with Crippen molar-refractivity contribution < 1.29 is 4.74 Å². The van der Waals surface area contributed by atoms with Crippen molar-refractivity contribution in [3.63, 3.8) is 0 Å². The maximum absolute atomic E-state index is 6.14. The predicted molar refractivity (Wildman–Crippen MR) is 116 cm³/mol. The van der Waals surface area contributed by atoms with Crippen LogP contribution in [0.5, 0.6) is 5.75 Å². The summed E-state index contributed by atoms with van der Waals surface area (Å²) >= 11 is 15.7. The second-order valence-corrected chi connectivity index (χ2v) is 7.51. The van der Waals surface area contributed by atoms with E-state index < -0.39 is 0 Å². The Balaban J connectivity index is 1.55. The first-order valence-electron chi connectivity index (χ1n) is 8.28. The van der Waals surface area contributed by atoms with Gasteiger partial charge in [-0.1, -0.05) is 69.5 Å². The summed E-state index contributed by atoms with van der Waals surface area (Å²) < 4.78 is 6.90. The molecule has 0 bridgehead atoms. The summed E-state index contributed by atoms with van der Waals surface area (Å²) in [6.07, 6.45) is 1.73. The van der Waals surface area contributed by atoms with Crippen LogP contribution in [-0.4, -0.2) is 6.21 Å². The minimum Gasteiger partial charge on any atom is -0.489 e. The van der Waals surface area contributed by atoms with E-state index in [1.165, 1.54) is 0 Å². The monoisotopic (exact) mass is 462 g/mol. The van der Waals surface area contributed by atoms with Gasteiger partial charge in [0.25, 0.3) is 0 Å². The van der Waals surface area contributed by atoms with Gasteiger partial charge < -0.3 is 10.2 Å². The molecule has 138 valence electrons. The fourth-order valence-electron chi connectivity index (χ4n) is 2.38. The number of hydrogen-bond acceptors (Lipinski definition) is 3. The van der Waals surface area contributed by atoms with Crippen molar-refractivity contribution >= 4 is 45.3 Å². The van der Waals surface area contributed by atoms with Gasteiger partial charge in [-0.3, -0.25) is 0 Å². The second-order valence-electron chi connectivity index (χ2n) is 5.78. The fourth-order valence-corrected chi connectivity index (χ4v) is 3.17. The van der Waals surface area contributed by atoms with Crippen molar-refractivity contribution in [2.24, 2.45) is 5.10 Å². The first kappa shape index (κ1) is 19.7. The molecule has 0 fully saturated rings. The number of hydrogen-bond donors (Lipinski definition) is 1. The quantitative estimate of drug-likeness (QED) is 0.322. The van der Waals surface area contributed by atoms with E-state index in [9.17, 15) is 0 Å². The number of benzene rings is 3. The summed E-state index contributed by atoms with van der Waals surface area (Å²) in [5, 5.41) is 5.47. The van der Waals surface area contributed by atoms with E-state index >= 15 is 0 Å². The molecule has 0 aliphatic heterocycles. The molecule has 0 radical (unpaired) electrons. The number of hydrazone groups is 1. The molecular formula is C21H17BrCl2N2O. The highest BCUT2D eigenvalue weighted by Gasteiger charge is 2.03. The Labute approximate surface area is 177 Å². The SMILES string of the molecule is Clc1cccc(Cl)c1CN/N=C/c1cccc(OCc2ccc(Br)cc2)c1. The third-order valence-corrected chi connectivity index (χ3v) is 5.04. The highest BCUT2D eigenvalue weighted by atomic mass is 79.9. The van der Waals surface area contributed by atoms with Gasteiger partial charge in [0.2, 0.25) is 0 Å². The van der Waals surface area contributed by atoms with Crippen molar-refractivity contribution in [3.05, 3.63) is 97.9 Å². The van der Waals surface area contributed by atoms with Gasteiger partial charge in [0.15, 0.2) is 0 Å². The van der Waals surface area contributed by atoms with Gasteiger partial charge in [0, 0.05) is 20.1 Å². The molecule has 0 aromatic heterocycles. The molecule has 3 aromatic carbocycles. The number of nitrogens with zero attached hydrogens (tertiary/aromatic N) is 1. The largest absolute Gasteiger partial charge is 0.489 e. The third-order valence-electron chi connectivity index (χ3n) is 3.80. The van der Waals surface area contributed by atoms with Crippen LogP contribution in [-0.2, 0) is 13.2 Å². The molecule has 0 saturated carbocycles. The third kappa shape index (κ3) is 5.99. The average molecular weight is 464 g/mol. The van der Waals surface area contributed by atoms with E-state index in [0.29, 0.717) is 23.2 Å². The molecule has 0 unspecified atom stereocenters. The molecule has 0 aliphatic carbocycles. The minimum atomic E-state index is 0.453. The summed E-state index contributed by atoms with van der Waals surface area (Å²) in [6, 6.07) is 21.2. The normalized spacial score (nSPS) is 10.9. The van der Waals surface area contributed by atoms with Crippen molar-refractivity contribution in [1.29, 1.82) is 0 Å². The van der Waals surface area contributed by atoms with Crippen molar-refractivity contribution in [3.8, 4) is 5.75 Å². The Hall–Kier alpha value is -2.01. The molecular weight excluding hydrogens is 447 g/mol. The fraction of sp³-hybridized carbons (Fsp3) is 0.0952. The highest BCUT2D eigenvalue weighted by Crippen LogP contribution is 2.23. The molecule has 0 spiro atoms. The lowest BCUT2D eigenvalue weighted by molar-refractivity contribution is 0.306. The topological polar surface area (TPSA) is 33.6 Å². The lowest BCUT2D eigenvalue weighted by Crippen LogP contribution is -2.06. The molecule has 0 aliphatic rings. The van der Waals surface area contributed by atoms with E-state index in [-0.39, 0.29) is 0 Å². The summed E-state index contributed by atoms with van der Waals surface area (Å²) in [5.74, 6) is 0.788. The van der Waals surface area contributed by atoms with Gasteiger partial charge in [-0.15, -0.1) is 0 Å². The zero-order valence-electron chi connectivity index (χ0n) is 14.3. The molecule has 0 amide bonds. The number of rotatable bonds is 7. The summed E-state index contributed by atoms with van der Waals surface area (Å²) in [5.41, 5.74) is 5.83. The van der Waals surface area contributed by atoms with E-state index in [1.807, 2.05) is 54.6 Å². The van der Waals surface area contributed by atoms with Crippen LogP contribution in [0.15, 0.2) is 76.3 Å². The number of nitrogens with one attached hydrogen (secondary N) is 1. The first-order valence-corrected chi connectivity index (χ1v) is 9.83. The molecule has 3 rings (SSSR count). The van der Waals surface area contributed by atoms with Crippen molar-refractivity contribution in [1.82, 2.24) is 5.43 Å². The Morgan fingerprint density at radius 2 is 1.67 bits per heavy atom. The summed E-state index contributed by atoms with van der Waals surface area (Å²) in [7, 11) is 0. The molecule has 3 nitrogen and oxygen atoms in total. The predicted octanol–water partition coefficient (Wildman–Crippen LogP) is 6.46. The number of ether oxygens (including phenoxy) is 1. The van der Waals surface area contributed by atoms with Gasteiger partial charge in [-0.05, 0) is 47.5 Å². The Kier molecular flexibility index (Phi) is 7.16. The molecule has 1 N–H and O–H groups in total. The van der Waals surface area contributed by atoms with Crippen LogP contribution in [0.3, 0.4) is 0 Å². The van der Waals surface area contributed by atoms with Crippen LogP contribution < -0.4 is 10.2 Å². The lowest BCUT2D eigenvalue weighted by Gasteiger charge is -2.07. The van der Waals surface area contributed by atoms with Crippen LogP contribution in [0.4, 0.5) is 0 Å². The lowest BCUT2D eigenvalue weighted by atomic mass is 10.2. The van der Waals surface area contributed by atoms with E-state index in [4.69, 9.17) is 27.9 Å². The van der Waals surface area contributed by atoms with Gasteiger partial charge in [0.05, 0.1) is 12.8 Å². The summed E-state index contributed by atoms with van der Waals surface area (Å²) in [6.45, 7) is 0.964. The number of halogens is 3. The van der Waals surface area contributed by atoms with E-state index in [2.05, 4.69) is 26.5 Å². The molecule has 3 aromatic rings. The standard InChI is InChI=1S/C21H17BrCl2N2O/c22-17-9-7-15(8-10-17)14-27-18-4-1-3-16(11-18)12-25-26-13-19-20(23)5-2-6-21(19)24/h1-12,26H,13-14H2/b25-12+. The van der Waals surface area contributed by atoms with Crippen LogP contribution in [0, 0.1) is 0 Å². The summed E-state index contributed by atoms with van der Waals surface area (Å²) in [4.78, 5) is 0. The molecule has 6 heteroatoms. The molecule has 0 atom stereocenters. The van der Waals surface area contributed by atoms with Gasteiger partial charge in [-0.25, -0.2) is 0 Å². The Morgan fingerprint density at radius 3 is 2.41 bits per heavy atom. The van der Waals surface area contributed by atoms with Crippen molar-refractivity contribution in [2.45, 2.75) is 13.2 Å². The van der Waals surface area contributed by atoms with Crippen LogP contribution in [0.25, 0.3) is 0 Å². The van der Waals surface area contributed by atoms with Gasteiger partial charge >= 0.3 is 0 Å². The maximum atomic E-state index is 6.14. The Bertz CT molecular complexity index is 909. The van der Waals surface area contributed by atoms with E-state index in [0.717, 1.165) is 26.9 Å². The molecule has 0 saturated heterocycles. The molecule has 0 heterocycles. The zero-order chi connectivity index (χ0) is 19.1. The van der Waals surface area contributed by atoms with Gasteiger partial charge in [0.1, 0.15) is 12.4 Å². The molecule has 27 heavy (non-hydrogen) atoms. The minimum absolute atomic E-state index is 0.453. The zero-order valence-corrected chi connectivity index (χ0v) is 17.4. The van der Waals surface area contributed by atoms with Crippen molar-refractivity contribution in [2.75, 3.05) is 0 Å². The van der Waals surface area contributed by atoms with Crippen LogP contribution in [0.1, 0.15) is 16.7 Å². The highest BCUT2D eigenvalue weighted by molar-refractivity contribution is 9.10. The maximum Gasteiger partial charge on any atom is 0.120 e. The smallest absolute Gasteiger partial charge is 0.120 e. The van der Waals surface area contributed by atoms with Gasteiger partial charge in [-0.2, -0.15) is 5.10 Å².